The van der Waals surface area contributed by atoms with E-state index in [1.807, 2.05) is 7.05 Å². The van der Waals surface area contributed by atoms with Gasteiger partial charge in [0.15, 0.2) is 0 Å². The number of piperidine rings is 1. The van der Waals surface area contributed by atoms with Gasteiger partial charge in [-0.1, -0.05) is 19.8 Å². The molecule has 1 aliphatic heterocycles. The second-order valence-corrected chi connectivity index (χ2v) is 4.14. The van der Waals surface area contributed by atoms with E-state index in [-0.39, 0.29) is 11.9 Å². The van der Waals surface area contributed by atoms with Crippen LogP contribution in [0, 0.1) is 0 Å². The summed E-state index contributed by atoms with van der Waals surface area (Å²) in [6.45, 7) is 4.03. The summed E-state index contributed by atoms with van der Waals surface area (Å²) >= 11 is 0. The van der Waals surface area contributed by atoms with Crippen molar-refractivity contribution in [2.24, 2.45) is 0 Å². The van der Waals surface area contributed by atoms with Crippen molar-refractivity contribution in [2.75, 3.05) is 20.1 Å². The molecule has 3 heteroatoms. The van der Waals surface area contributed by atoms with Crippen molar-refractivity contribution in [3.05, 3.63) is 0 Å². The fourth-order valence-electron chi connectivity index (χ4n) is 1.91. The molecule has 0 spiro atoms. The van der Waals surface area contributed by atoms with Crippen LogP contribution < -0.4 is 5.32 Å². The van der Waals surface area contributed by atoms with Crippen LogP contribution in [0.4, 0.5) is 0 Å². The Balaban J connectivity index is 2.27. The molecule has 0 aromatic heterocycles. The van der Waals surface area contributed by atoms with Gasteiger partial charge < -0.3 is 5.32 Å². The van der Waals surface area contributed by atoms with Gasteiger partial charge in [-0.25, -0.2) is 0 Å². The Labute approximate surface area is 86.9 Å². The van der Waals surface area contributed by atoms with Crippen LogP contribution in [0.25, 0.3) is 0 Å². The van der Waals surface area contributed by atoms with E-state index in [1.165, 1.54) is 12.8 Å². The molecular weight excluding hydrogens is 176 g/mol. The summed E-state index contributed by atoms with van der Waals surface area (Å²) < 4.78 is 0. The highest BCUT2D eigenvalue weighted by molar-refractivity contribution is 5.81. The normalized spacial score (nSPS) is 23.4. The minimum absolute atomic E-state index is 0.126. The lowest BCUT2D eigenvalue weighted by atomic mass is 10.0. The summed E-state index contributed by atoms with van der Waals surface area (Å²) in [7, 11) is 2.04. The Kier molecular flexibility index (Phi) is 4.94. The van der Waals surface area contributed by atoms with E-state index in [0.29, 0.717) is 0 Å². The number of hydrogen-bond donors (Lipinski definition) is 1. The van der Waals surface area contributed by atoms with Crippen molar-refractivity contribution >= 4 is 5.91 Å². The average Bonchev–Trinajstić information content (AvgIpc) is 2.18. The number of nitrogens with zero attached hydrogens (tertiary/aromatic N) is 1. The van der Waals surface area contributed by atoms with Crippen LogP contribution in [0.3, 0.4) is 0 Å². The van der Waals surface area contributed by atoms with Crippen LogP contribution in [0.2, 0.25) is 0 Å². The monoisotopic (exact) mass is 198 g/mol. The molecule has 0 radical (unpaired) electrons. The molecular formula is C11H22N2O. The molecule has 0 saturated carbocycles. The van der Waals surface area contributed by atoms with Gasteiger partial charge in [-0.15, -0.1) is 0 Å². The van der Waals surface area contributed by atoms with Crippen molar-refractivity contribution in [1.82, 2.24) is 10.2 Å². The molecule has 1 N–H and O–H groups in total. The van der Waals surface area contributed by atoms with Gasteiger partial charge in [0.05, 0.1) is 6.04 Å². The summed E-state index contributed by atoms with van der Waals surface area (Å²) in [5.41, 5.74) is 0. The van der Waals surface area contributed by atoms with Crippen molar-refractivity contribution in [1.29, 1.82) is 0 Å². The molecule has 1 atom stereocenters. The Hall–Kier alpha value is -0.570. The molecule has 0 bridgehead atoms. The van der Waals surface area contributed by atoms with Gasteiger partial charge in [-0.3, -0.25) is 9.69 Å². The quantitative estimate of drug-likeness (QED) is 0.692. The van der Waals surface area contributed by atoms with Crippen LogP contribution in [0.5, 0.6) is 0 Å². The highest BCUT2D eigenvalue weighted by atomic mass is 16.2. The predicted molar refractivity (Wildman–Crippen MR) is 58.2 cm³/mol. The van der Waals surface area contributed by atoms with Gasteiger partial charge in [0.2, 0.25) is 5.91 Å². The fourth-order valence-corrected chi connectivity index (χ4v) is 1.91. The third-order valence-corrected chi connectivity index (χ3v) is 2.90. The van der Waals surface area contributed by atoms with Crippen molar-refractivity contribution in [3.8, 4) is 0 Å². The van der Waals surface area contributed by atoms with E-state index >= 15 is 0 Å². The lowest BCUT2D eigenvalue weighted by Gasteiger charge is -2.31. The zero-order valence-corrected chi connectivity index (χ0v) is 9.38. The summed E-state index contributed by atoms with van der Waals surface area (Å²) in [6, 6.07) is 0.126. The molecule has 82 valence electrons. The van der Waals surface area contributed by atoms with Gasteiger partial charge in [0, 0.05) is 6.54 Å². The highest BCUT2D eigenvalue weighted by Gasteiger charge is 2.24. The molecule has 1 saturated heterocycles. The first-order valence-corrected chi connectivity index (χ1v) is 5.73. The predicted octanol–water partition coefficient (Wildman–Crippen LogP) is 1.39. The van der Waals surface area contributed by atoms with Crippen LogP contribution >= 0.6 is 0 Å². The number of hydrogen-bond acceptors (Lipinski definition) is 2. The van der Waals surface area contributed by atoms with E-state index in [2.05, 4.69) is 17.1 Å². The van der Waals surface area contributed by atoms with Gasteiger partial charge in [0.25, 0.3) is 0 Å². The molecule has 14 heavy (non-hydrogen) atoms. The summed E-state index contributed by atoms with van der Waals surface area (Å²) in [5.74, 6) is 0.223. The van der Waals surface area contributed by atoms with Crippen molar-refractivity contribution < 1.29 is 4.79 Å². The zero-order chi connectivity index (χ0) is 10.4. The molecule has 3 nitrogen and oxygen atoms in total. The lowest BCUT2D eigenvalue weighted by Crippen LogP contribution is -2.47. The maximum absolute atomic E-state index is 11.7. The van der Waals surface area contributed by atoms with Gasteiger partial charge >= 0.3 is 0 Å². The van der Waals surface area contributed by atoms with E-state index in [1.54, 1.807) is 0 Å². The van der Waals surface area contributed by atoms with Gasteiger partial charge in [-0.2, -0.15) is 0 Å². The minimum Gasteiger partial charge on any atom is -0.355 e. The van der Waals surface area contributed by atoms with Crippen molar-refractivity contribution in [3.63, 3.8) is 0 Å². The Bertz CT molecular complexity index is 182. The van der Waals surface area contributed by atoms with E-state index in [0.717, 1.165) is 32.4 Å². The van der Waals surface area contributed by atoms with Crippen molar-refractivity contribution in [2.45, 2.75) is 45.1 Å². The second kappa shape index (κ2) is 6.02. The number of carbonyl (C=O) groups excluding carboxylic acids is 1. The summed E-state index contributed by atoms with van der Waals surface area (Å²) in [5, 5.41) is 3.00. The van der Waals surface area contributed by atoms with E-state index in [4.69, 9.17) is 0 Å². The lowest BCUT2D eigenvalue weighted by molar-refractivity contribution is -0.127. The molecule has 0 unspecified atom stereocenters. The third kappa shape index (κ3) is 3.29. The summed E-state index contributed by atoms with van der Waals surface area (Å²) in [4.78, 5) is 13.9. The number of likely N-dealkylation sites (N-methyl/N-ethyl adjacent to an activating group) is 1. The maximum atomic E-state index is 11.7. The largest absolute Gasteiger partial charge is 0.355 e. The molecule has 0 aliphatic carbocycles. The molecule has 1 amide bonds. The van der Waals surface area contributed by atoms with Crippen LogP contribution in [-0.2, 0) is 4.79 Å². The Morgan fingerprint density at radius 3 is 2.93 bits per heavy atom. The first-order chi connectivity index (χ1) is 6.75. The smallest absolute Gasteiger partial charge is 0.237 e. The average molecular weight is 198 g/mol. The van der Waals surface area contributed by atoms with Crippen LogP contribution in [0.1, 0.15) is 39.0 Å². The SMILES string of the molecule is CCCCNC(=O)[C@@H]1CCCCN1C. The standard InChI is InChI=1S/C11H22N2O/c1-3-4-8-12-11(14)10-7-5-6-9-13(10)2/h10H,3-9H2,1-2H3,(H,12,14)/t10-/m0/s1. The number of amides is 1. The molecule has 1 aliphatic rings. The van der Waals surface area contributed by atoms with E-state index in [9.17, 15) is 4.79 Å². The summed E-state index contributed by atoms with van der Waals surface area (Å²) in [6.07, 6.45) is 5.67. The second-order valence-electron chi connectivity index (χ2n) is 4.14. The number of unbranched alkanes of at least 4 members (excludes halogenated alkanes) is 1. The molecule has 1 heterocycles. The minimum atomic E-state index is 0.126. The van der Waals surface area contributed by atoms with Gasteiger partial charge in [-0.05, 0) is 32.9 Å². The number of rotatable bonds is 4. The zero-order valence-electron chi connectivity index (χ0n) is 9.38. The maximum Gasteiger partial charge on any atom is 0.237 e. The first kappa shape index (κ1) is 11.5. The van der Waals surface area contributed by atoms with E-state index < -0.39 is 0 Å². The highest BCUT2D eigenvalue weighted by Crippen LogP contribution is 2.14. The van der Waals surface area contributed by atoms with Crippen LogP contribution in [-0.4, -0.2) is 37.0 Å². The number of likely N-dealkylation sites (tertiary alicyclic amines) is 1. The number of carbonyl (C=O) groups is 1. The Morgan fingerprint density at radius 1 is 1.50 bits per heavy atom. The van der Waals surface area contributed by atoms with Gasteiger partial charge in [0.1, 0.15) is 0 Å². The topological polar surface area (TPSA) is 32.3 Å². The molecule has 0 aromatic rings. The van der Waals surface area contributed by atoms with Crippen LogP contribution in [0.15, 0.2) is 0 Å². The third-order valence-electron chi connectivity index (χ3n) is 2.90. The fraction of sp³-hybridized carbons (Fsp3) is 0.909. The molecule has 1 rings (SSSR count). The number of nitrogens with one attached hydrogen (secondary N) is 1. The molecule has 1 fully saturated rings. The first-order valence-electron chi connectivity index (χ1n) is 5.73. The molecule has 0 aromatic carbocycles. The Morgan fingerprint density at radius 2 is 2.29 bits per heavy atom.